The number of nitrogens with zero attached hydrogens (tertiary/aromatic N) is 2. The molecule has 118 valence electrons. The largest absolute Gasteiger partial charge is 0.329 e. The van der Waals surface area contributed by atoms with Gasteiger partial charge in [-0.2, -0.15) is 17.0 Å². The molecule has 1 heterocycles. The summed E-state index contributed by atoms with van der Waals surface area (Å²) in [4.78, 5) is 0. The molecule has 1 aliphatic heterocycles. The minimum Gasteiger partial charge on any atom is -0.329 e. The molecule has 2 rings (SSSR count). The van der Waals surface area contributed by atoms with Crippen molar-refractivity contribution in [2.24, 2.45) is 5.73 Å². The van der Waals surface area contributed by atoms with Crippen molar-refractivity contribution in [3.8, 4) is 0 Å². The van der Waals surface area contributed by atoms with Crippen molar-refractivity contribution in [3.63, 3.8) is 0 Å². The first-order chi connectivity index (χ1) is 9.57. The van der Waals surface area contributed by atoms with E-state index >= 15 is 0 Å². The maximum atomic E-state index is 13.0. The second-order valence-corrected chi connectivity index (χ2v) is 7.99. The average Bonchev–Trinajstić information content (AvgIpc) is 2.45. The highest BCUT2D eigenvalue weighted by Crippen LogP contribution is 2.28. The van der Waals surface area contributed by atoms with Gasteiger partial charge in [0.15, 0.2) is 0 Å². The van der Waals surface area contributed by atoms with Crippen molar-refractivity contribution in [2.75, 3.05) is 19.6 Å². The van der Waals surface area contributed by atoms with Gasteiger partial charge < -0.3 is 5.73 Å². The first-order valence-corrected chi connectivity index (χ1v) is 9.45. The lowest BCUT2D eigenvalue weighted by Crippen LogP contribution is -2.54. The Kier molecular flexibility index (Phi) is 5.84. The quantitative estimate of drug-likeness (QED) is 0.840. The van der Waals surface area contributed by atoms with Gasteiger partial charge in [0, 0.05) is 31.7 Å². The fraction of sp³-hybridized carbons (Fsp3) is 1.00. The molecule has 0 spiro atoms. The first-order valence-electron chi connectivity index (χ1n) is 8.06. The Balaban J connectivity index is 2.16. The van der Waals surface area contributed by atoms with E-state index < -0.39 is 10.2 Å². The second-order valence-electron chi connectivity index (χ2n) is 6.15. The van der Waals surface area contributed by atoms with Crippen LogP contribution in [0.1, 0.15) is 58.3 Å². The molecule has 0 aromatic carbocycles. The lowest BCUT2D eigenvalue weighted by Gasteiger charge is -2.40. The van der Waals surface area contributed by atoms with E-state index in [9.17, 15) is 8.42 Å². The Labute approximate surface area is 123 Å². The van der Waals surface area contributed by atoms with Crippen LogP contribution in [0.2, 0.25) is 0 Å². The van der Waals surface area contributed by atoms with E-state index in [0.717, 1.165) is 44.9 Å². The zero-order valence-corrected chi connectivity index (χ0v) is 13.4. The molecule has 1 saturated carbocycles. The van der Waals surface area contributed by atoms with Gasteiger partial charge in [-0.25, -0.2) is 0 Å². The highest BCUT2D eigenvalue weighted by atomic mass is 32.2. The number of hydrogen-bond donors (Lipinski definition) is 1. The molecule has 1 aliphatic carbocycles. The summed E-state index contributed by atoms with van der Waals surface area (Å²) in [5.74, 6) is 0. The van der Waals surface area contributed by atoms with Gasteiger partial charge in [0.25, 0.3) is 10.2 Å². The van der Waals surface area contributed by atoms with Crippen LogP contribution in [0.3, 0.4) is 0 Å². The third-order valence-corrected chi connectivity index (χ3v) is 6.87. The van der Waals surface area contributed by atoms with E-state index in [1.54, 1.807) is 8.61 Å². The summed E-state index contributed by atoms with van der Waals surface area (Å²) >= 11 is 0. The van der Waals surface area contributed by atoms with E-state index in [0.29, 0.717) is 19.6 Å². The number of rotatable bonds is 5. The van der Waals surface area contributed by atoms with E-state index in [1.807, 2.05) is 6.92 Å². The zero-order chi connectivity index (χ0) is 14.6. The van der Waals surface area contributed by atoms with Gasteiger partial charge in [-0.1, -0.05) is 25.7 Å². The zero-order valence-electron chi connectivity index (χ0n) is 12.6. The molecule has 1 unspecified atom stereocenters. The van der Waals surface area contributed by atoms with E-state index in [2.05, 4.69) is 0 Å². The summed E-state index contributed by atoms with van der Waals surface area (Å²) in [6.07, 6.45) is 8.56. The molecule has 1 atom stereocenters. The summed E-state index contributed by atoms with van der Waals surface area (Å²) in [7, 11) is -3.35. The summed E-state index contributed by atoms with van der Waals surface area (Å²) in [5, 5.41) is 0. The summed E-state index contributed by atoms with van der Waals surface area (Å²) in [6.45, 7) is 3.55. The average molecular weight is 303 g/mol. The molecule has 5 nitrogen and oxygen atoms in total. The van der Waals surface area contributed by atoms with Gasteiger partial charge in [0.1, 0.15) is 0 Å². The predicted molar refractivity (Wildman–Crippen MR) is 81.6 cm³/mol. The Morgan fingerprint density at radius 3 is 2.35 bits per heavy atom. The van der Waals surface area contributed by atoms with Crippen LogP contribution in [-0.2, 0) is 10.2 Å². The second kappa shape index (κ2) is 7.20. The van der Waals surface area contributed by atoms with Gasteiger partial charge >= 0.3 is 0 Å². The van der Waals surface area contributed by atoms with Crippen molar-refractivity contribution in [1.29, 1.82) is 0 Å². The predicted octanol–water partition coefficient (Wildman–Crippen LogP) is 1.70. The Morgan fingerprint density at radius 2 is 1.75 bits per heavy atom. The molecule has 0 amide bonds. The number of nitrogens with two attached hydrogens (primary N) is 1. The highest BCUT2D eigenvalue weighted by Gasteiger charge is 2.38. The van der Waals surface area contributed by atoms with Crippen LogP contribution in [0, 0.1) is 0 Å². The van der Waals surface area contributed by atoms with Crippen LogP contribution in [0.4, 0.5) is 0 Å². The van der Waals surface area contributed by atoms with Crippen LogP contribution in [0.25, 0.3) is 0 Å². The Bertz CT molecular complexity index is 393. The van der Waals surface area contributed by atoms with Gasteiger partial charge in [-0.3, -0.25) is 0 Å². The number of piperidine rings is 1. The molecule has 2 fully saturated rings. The van der Waals surface area contributed by atoms with E-state index in [4.69, 9.17) is 5.73 Å². The topological polar surface area (TPSA) is 66.6 Å². The third kappa shape index (κ3) is 3.53. The maximum Gasteiger partial charge on any atom is 0.282 e. The molecule has 2 aliphatic rings. The van der Waals surface area contributed by atoms with Crippen molar-refractivity contribution in [2.45, 2.75) is 70.4 Å². The highest BCUT2D eigenvalue weighted by molar-refractivity contribution is 7.86. The molecule has 6 heteroatoms. The van der Waals surface area contributed by atoms with Crippen LogP contribution < -0.4 is 5.73 Å². The Morgan fingerprint density at radius 1 is 1.10 bits per heavy atom. The van der Waals surface area contributed by atoms with Crippen molar-refractivity contribution >= 4 is 10.2 Å². The smallest absolute Gasteiger partial charge is 0.282 e. The molecule has 1 saturated heterocycles. The fourth-order valence-electron chi connectivity index (χ4n) is 3.53. The maximum absolute atomic E-state index is 13.0. The SMILES string of the molecule is CC1CCCCN1S(=O)(=O)N(CCN)C1CCCCC1. The monoisotopic (exact) mass is 303 g/mol. The van der Waals surface area contributed by atoms with Gasteiger partial charge in [0.2, 0.25) is 0 Å². The molecule has 20 heavy (non-hydrogen) atoms. The minimum atomic E-state index is -3.35. The van der Waals surface area contributed by atoms with Crippen molar-refractivity contribution in [3.05, 3.63) is 0 Å². The summed E-state index contributed by atoms with van der Waals surface area (Å²) < 4.78 is 29.4. The lowest BCUT2D eigenvalue weighted by atomic mass is 9.95. The fourth-order valence-corrected chi connectivity index (χ4v) is 5.64. The van der Waals surface area contributed by atoms with Gasteiger partial charge in [0.05, 0.1) is 0 Å². The molecule has 0 aromatic rings. The molecule has 0 aromatic heterocycles. The van der Waals surface area contributed by atoms with E-state index in [1.165, 1.54) is 6.42 Å². The minimum absolute atomic E-state index is 0.123. The van der Waals surface area contributed by atoms with Crippen LogP contribution in [-0.4, -0.2) is 48.7 Å². The van der Waals surface area contributed by atoms with Crippen LogP contribution >= 0.6 is 0 Å². The van der Waals surface area contributed by atoms with Crippen molar-refractivity contribution in [1.82, 2.24) is 8.61 Å². The number of hydrogen-bond acceptors (Lipinski definition) is 3. The van der Waals surface area contributed by atoms with Crippen molar-refractivity contribution < 1.29 is 8.42 Å². The molecule has 2 N–H and O–H groups in total. The molecular formula is C14H29N3O2S. The Hall–Kier alpha value is -0.170. The molecular weight excluding hydrogens is 274 g/mol. The summed E-state index contributed by atoms with van der Waals surface area (Å²) in [5.41, 5.74) is 5.67. The van der Waals surface area contributed by atoms with Gasteiger partial charge in [-0.15, -0.1) is 0 Å². The van der Waals surface area contributed by atoms with Gasteiger partial charge in [-0.05, 0) is 32.6 Å². The normalized spacial score (nSPS) is 27.1. The molecule has 0 radical (unpaired) electrons. The third-order valence-electron chi connectivity index (χ3n) is 4.67. The first kappa shape index (κ1) is 16.2. The van der Waals surface area contributed by atoms with Crippen LogP contribution in [0.5, 0.6) is 0 Å². The van der Waals surface area contributed by atoms with Crippen LogP contribution in [0.15, 0.2) is 0 Å². The lowest BCUT2D eigenvalue weighted by molar-refractivity contribution is 0.207. The molecule has 0 bridgehead atoms. The standard InChI is InChI=1S/C14H29N3O2S/c1-13-7-5-6-11-16(13)20(18,19)17(12-10-15)14-8-3-2-4-9-14/h13-14H,2-12,15H2,1H3. The van der Waals surface area contributed by atoms with E-state index in [-0.39, 0.29) is 12.1 Å². The summed E-state index contributed by atoms with van der Waals surface area (Å²) in [6, 6.07) is 0.282.